The molecule has 0 aliphatic rings. The summed E-state index contributed by atoms with van der Waals surface area (Å²) in [6.45, 7) is 1.94. The number of halogens is 2. The number of amides is 2. The van der Waals surface area contributed by atoms with E-state index in [9.17, 15) is 13.6 Å². The zero-order valence-electron chi connectivity index (χ0n) is 30.7. The Labute approximate surface area is 323 Å². The van der Waals surface area contributed by atoms with Crippen molar-refractivity contribution in [1.29, 1.82) is 0 Å². The van der Waals surface area contributed by atoms with Crippen molar-refractivity contribution in [3.8, 4) is 46.0 Å². The Hall–Kier alpha value is -7.01. The molecule has 17 heteroatoms. The number of ether oxygens (including phenoxy) is 6. The van der Waals surface area contributed by atoms with Gasteiger partial charge in [-0.25, -0.2) is 13.6 Å². The van der Waals surface area contributed by atoms with E-state index in [1.54, 1.807) is 82.3 Å². The number of methoxy groups -OCH3 is 4. The van der Waals surface area contributed by atoms with Crippen LogP contribution in [0.3, 0.4) is 0 Å². The first-order valence-corrected chi connectivity index (χ1v) is 17.6. The van der Waals surface area contributed by atoms with Crippen molar-refractivity contribution < 1.29 is 42.0 Å². The average Bonchev–Trinajstić information content (AvgIpc) is 3.67. The van der Waals surface area contributed by atoms with Crippen LogP contribution in [0.4, 0.5) is 30.1 Å². The molecule has 56 heavy (non-hydrogen) atoms. The molecule has 7 rings (SSSR count). The fraction of sp³-hybridized carbons (Fsp3) is 0.154. The normalized spacial score (nSPS) is 10.6. The van der Waals surface area contributed by atoms with Crippen LogP contribution >= 0.6 is 11.3 Å². The van der Waals surface area contributed by atoms with Crippen molar-refractivity contribution in [1.82, 2.24) is 20.2 Å². The van der Waals surface area contributed by atoms with Gasteiger partial charge >= 0.3 is 6.03 Å². The lowest BCUT2D eigenvalue weighted by molar-refractivity contribution is 0.262. The van der Waals surface area contributed by atoms with Crippen molar-refractivity contribution in [3.63, 3.8) is 0 Å². The highest BCUT2D eigenvalue weighted by atomic mass is 32.1. The number of benzene rings is 4. The number of nitrogens with one attached hydrogen (secondary N) is 2. The molecule has 4 N–H and O–H groups in total. The standard InChI is InChI=1S/C22H20FN5O4S.C17H15FN2O3/c1-4-20-27-28-22(33-20)26-21(29)25-15-6-5-12(9-14(15)23)32-17-7-8-24-16-11-19(31-3)18(30-2)10-13(16)17;1-21-16-8-11-14(9-17(16)22-2)20-6-5-15(11)23-10-3-4-13(19)12(18)7-10/h5-11H,4H2,1-3H3,(H2,25,26,28,29);3-9H,19H2,1-2H3. The van der Waals surface area contributed by atoms with Crippen LogP contribution in [-0.4, -0.2) is 54.6 Å². The highest BCUT2D eigenvalue weighted by molar-refractivity contribution is 7.15. The Morgan fingerprint density at radius 1 is 0.661 bits per heavy atom. The van der Waals surface area contributed by atoms with Crippen LogP contribution in [0.1, 0.15) is 11.9 Å². The van der Waals surface area contributed by atoms with Gasteiger partial charge in [0.25, 0.3) is 0 Å². The molecule has 0 atom stereocenters. The van der Waals surface area contributed by atoms with Crippen LogP contribution in [0.15, 0.2) is 85.2 Å². The lowest BCUT2D eigenvalue weighted by Gasteiger charge is -2.13. The monoisotopic (exact) mass is 783 g/mol. The van der Waals surface area contributed by atoms with Gasteiger partial charge in [-0.3, -0.25) is 15.3 Å². The number of nitrogens with zero attached hydrogens (tertiary/aromatic N) is 4. The van der Waals surface area contributed by atoms with Crippen molar-refractivity contribution in [2.24, 2.45) is 0 Å². The summed E-state index contributed by atoms with van der Waals surface area (Å²) in [5.41, 5.74) is 6.84. The van der Waals surface area contributed by atoms with Gasteiger partial charge in [-0.1, -0.05) is 18.3 Å². The molecule has 14 nitrogen and oxygen atoms in total. The van der Waals surface area contributed by atoms with Gasteiger partial charge in [-0.15, -0.1) is 10.2 Å². The fourth-order valence-corrected chi connectivity index (χ4v) is 5.93. The largest absolute Gasteiger partial charge is 0.493 e. The van der Waals surface area contributed by atoms with Gasteiger partial charge in [-0.05, 0) is 55.0 Å². The number of rotatable bonds is 11. The van der Waals surface area contributed by atoms with E-state index in [0.717, 1.165) is 10.4 Å². The van der Waals surface area contributed by atoms with Gasteiger partial charge in [0, 0.05) is 47.4 Å². The molecule has 0 bridgehead atoms. The maximum Gasteiger partial charge on any atom is 0.325 e. The third kappa shape index (κ3) is 8.85. The van der Waals surface area contributed by atoms with Crippen LogP contribution in [0.5, 0.6) is 46.0 Å². The first kappa shape index (κ1) is 38.7. The molecule has 0 fully saturated rings. The molecular formula is C39H35F2N7O7S. The SMILES string of the molecule is CCc1nnc(NC(=O)Nc2ccc(Oc3ccnc4cc(OC)c(OC)cc34)cc2F)s1.COc1cc2nccc(Oc3ccc(N)c(F)c3)c2cc1OC. The quantitative estimate of drug-likeness (QED) is 0.106. The predicted molar refractivity (Wildman–Crippen MR) is 209 cm³/mol. The molecule has 0 aliphatic heterocycles. The molecule has 2 amide bonds. The van der Waals surface area contributed by atoms with Gasteiger partial charge < -0.3 is 39.5 Å². The fourth-order valence-electron chi connectivity index (χ4n) is 5.26. The summed E-state index contributed by atoms with van der Waals surface area (Å²) in [7, 11) is 6.18. The van der Waals surface area contributed by atoms with E-state index in [2.05, 4.69) is 30.8 Å². The van der Waals surface area contributed by atoms with Crippen molar-refractivity contribution in [2.75, 3.05) is 44.8 Å². The molecule has 0 saturated carbocycles. The minimum atomic E-state index is -0.660. The predicted octanol–water partition coefficient (Wildman–Crippen LogP) is 9.01. The van der Waals surface area contributed by atoms with Gasteiger partial charge in [0.2, 0.25) is 5.13 Å². The number of fused-ring (bicyclic) bond motifs is 2. The summed E-state index contributed by atoms with van der Waals surface area (Å²) < 4.78 is 61.1. The Bertz CT molecular complexity index is 2520. The number of urea groups is 1. The Morgan fingerprint density at radius 3 is 1.66 bits per heavy atom. The minimum Gasteiger partial charge on any atom is -0.493 e. The number of hydrogen-bond donors (Lipinski definition) is 3. The highest BCUT2D eigenvalue weighted by Crippen LogP contribution is 2.39. The second-order valence-corrected chi connectivity index (χ2v) is 12.6. The maximum atomic E-state index is 14.6. The number of nitrogen functional groups attached to an aromatic ring is 1. The van der Waals surface area contributed by atoms with E-state index in [4.69, 9.17) is 34.2 Å². The number of aryl methyl sites for hydroxylation is 1. The Balaban J connectivity index is 0.000000202. The van der Waals surface area contributed by atoms with E-state index < -0.39 is 17.7 Å². The number of carbonyl (C=O) groups is 1. The molecule has 0 unspecified atom stereocenters. The molecule has 0 radical (unpaired) electrons. The summed E-state index contributed by atoms with van der Waals surface area (Å²) in [6, 6.07) is 18.2. The van der Waals surface area contributed by atoms with Crippen LogP contribution in [0, 0.1) is 11.6 Å². The van der Waals surface area contributed by atoms with Crippen LogP contribution in [0.25, 0.3) is 21.8 Å². The number of pyridine rings is 2. The zero-order valence-corrected chi connectivity index (χ0v) is 31.5. The minimum absolute atomic E-state index is 0.00827. The van der Waals surface area contributed by atoms with Crippen LogP contribution in [-0.2, 0) is 6.42 Å². The lowest BCUT2D eigenvalue weighted by atomic mass is 10.2. The van der Waals surface area contributed by atoms with Gasteiger partial charge in [0.05, 0.1) is 50.8 Å². The number of carbonyl (C=O) groups excluding carboxylic acids is 1. The second-order valence-electron chi connectivity index (χ2n) is 11.5. The van der Waals surface area contributed by atoms with Crippen molar-refractivity contribution in [2.45, 2.75) is 13.3 Å². The summed E-state index contributed by atoms with van der Waals surface area (Å²) >= 11 is 1.26. The zero-order chi connectivity index (χ0) is 39.8. The third-order valence-electron chi connectivity index (χ3n) is 8.02. The van der Waals surface area contributed by atoms with E-state index in [-0.39, 0.29) is 17.1 Å². The van der Waals surface area contributed by atoms with Gasteiger partial charge in [0.1, 0.15) is 39.6 Å². The van der Waals surface area contributed by atoms with Crippen molar-refractivity contribution in [3.05, 3.63) is 102 Å². The number of hydrogen-bond acceptors (Lipinski definition) is 13. The summed E-state index contributed by atoms with van der Waals surface area (Å²) in [4.78, 5) is 20.8. The lowest BCUT2D eigenvalue weighted by Crippen LogP contribution is -2.20. The summed E-state index contributed by atoms with van der Waals surface area (Å²) in [5.74, 6) is 2.57. The second kappa shape index (κ2) is 17.4. The molecule has 4 aromatic carbocycles. The summed E-state index contributed by atoms with van der Waals surface area (Å²) in [5, 5.41) is 15.3. The first-order valence-electron chi connectivity index (χ1n) is 16.7. The summed E-state index contributed by atoms with van der Waals surface area (Å²) in [6.07, 6.45) is 3.90. The number of anilines is 3. The molecule has 288 valence electrons. The van der Waals surface area contributed by atoms with E-state index in [1.807, 2.05) is 6.92 Å². The average molecular weight is 784 g/mol. The Morgan fingerprint density at radius 2 is 1.18 bits per heavy atom. The number of nitrogens with two attached hydrogens (primary N) is 1. The smallest absolute Gasteiger partial charge is 0.325 e. The van der Waals surface area contributed by atoms with Crippen LogP contribution < -0.4 is 44.8 Å². The van der Waals surface area contributed by atoms with Gasteiger partial charge in [0.15, 0.2) is 23.0 Å². The highest BCUT2D eigenvalue weighted by Gasteiger charge is 2.15. The number of aromatic nitrogens is 4. The molecule has 0 spiro atoms. The van der Waals surface area contributed by atoms with E-state index in [0.29, 0.717) is 68.2 Å². The van der Waals surface area contributed by atoms with Crippen LogP contribution in [0.2, 0.25) is 0 Å². The molecule has 0 aliphatic carbocycles. The molecule has 3 heterocycles. The molecular weight excluding hydrogens is 749 g/mol. The molecule has 3 aromatic heterocycles. The first-order chi connectivity index (χ1) is 27.1. The van der Waals surface area contributed by atoms with Crippen molar-refractivity contribution >= 4 is 55.7 Å². The Kier molecular flexibility index (Phi) is 12.0. The topological polar surface area (TPSA) is 174 Å². The van der Waals surface area contributed by atoms with E-state index in [1.165, 1.54) is 42.7 Å². The third-order valence-corrected chi connectivity index (χ3v) is 9.00. The molecule has 7 aromatic rings. The molecule has 0 saturated heterocycles. The van der Waals surface area contributed by atoms with E-state index >= 15 is 0 Å². The maximum absolute atomic E-state index is 14.6. The van der Waals surface area contributed by atoms with Gasteiger partial charge in [-0.2, -0.15) is 0 Å².